The smallest absolute Gasteiger partial charge is 0.574 e. The Morgan fingerprint density at radius 3 is 0.709 bits per heavy atom. The molecule has 0 aliphatic rings. The quantitative estimate of drug-likeness (QED) is 0.0639. The van der Waals surface area contributed by atoms with Crippen molar-refractivity contribution in [3.63, 3.8) is 0 Å². The zero-order chi connectivity index (χ0) is 101. The normalized spacial score (nSPS) is 11.6. The van der Waals surface area contributed by atoms with Gasteiger partial charge in [0, 0.05) is 127 Å². The van der Waals surface area contributed by atoms with E-state index in [0.717, 1.165) is 80.2 Å². The summed E-state index contributed by atoms with van der Waals surface area (Å²) in [7, 11) is 0. The van der Waals surface area contributed by atoms with Crippen LogP contribution in [0.15, 0.2) is 219 Å². The molecule has 0 N–H and O–H groups in total. The van der Waals surface area contributed by atoms with Crippen LogP contribution in [0.25, 0.3) is 69.3 Å². The van der Waals surface area contributed by atoms with Crippen LogP contribution in [0, 0.1) is 50.6 Å². The molecule has 0 spiro atoms. The third-order valence-electron chi connectivity index (χ3n) is 21.4. The number of nitrogens with zero attached hydrogens (tertiary/aromatic N) is 38. The number of hydrogen-bond acceptors (Lipinski definition) is 30. The van der Waals surface area contributed by atoms with E-state index in [1.54, 1.807) is 79.7 Å². The molecule has 0 saturated carbocycles. The molecular formula is C103H104N38O2Pt5. The van der Waals surface area contributed by atoms with Gasteiger partial charge in [-0.25, -0.2) is 40.8 Å². The van der Waals surface area contributed by atoms with Gasteiger partial charge in [0.2, 0.25) is 23.5 Å². The van der Waals surface area contributed by atoms with E-state index in [2.05, 4.69) is 282 Å². The van der Waals surface area contributed by atoms with Crippen LogP contribution in [-0.4, -0.2) is 178 Å². The van der Waals surface area contributed by atoms with Gasteiger partial charge in [-0.15, -0.1) is 0 Å². The van der Waals surface area contributed by atoms with E-state index in [1.807, 2.05) is 187 Å². The van der Waals surface area contributed by atoms with Gasteiger partial charge < -0.3 is 107 Å². The van der Waals surface area contributed by atoms with Gasteiger partial charge in [0.05, 0.1) is 92.9 Å². The Balaban J connectivity index is 0.000000175. The molecule has 0 saturated heterocycles. The van der Waals surface area contributed by atoms with Crippen LogP contribution in [-0.2, 0) is 155 Å². The van der Waals surface area contributed by atoms with Crippen LogP contribution in [0.1, 0.15) is 221 Å². The average Bonchev–Trinajstić information content (AvgIpc) is 1.35. The first-order chi connectivity index (χ1) is 68.1. The molecule has 0 fully saturated rings. The van der Waals surface area contributed by atoms with E-state index < -0.39 is 5.41 Å². The summed E-state index contributed by atoms with van der Waals surface area (Å²) in [5, 5.41) is 51.0. The van der Waals surface area contributed by atoms with Crippen LogP contribution in [0.4, 0.5) is 0 Å². The van der Waals surface area contributed by atoms with Gasteiger partial charge in [0.25, 0.3) is 0 Å². The van der Waals surface area contributed by atoms with E-state index in [0.29, 0.717) is 88.1 Å². The number of rotatable bonds is 20. The summed E-state index contributed by atoms with van der Waals surface area (Å²) in [4.78, 5) is 79.7. The maximum Gasteiger partial charge on any atom is 2.00 e. The molecule has 45 heteroatoms. The Kier molecular flexibility index (Phi) is 37.4. The van der Waals surface area contributed by atoms with Crippen LogP contribution >= 0.6 is 0 Å². The zero-order valence-corrected chi connectivity index (χ0v) is 96.2. The first kappa shape index (κ1) is 114. The standard InChI is InChI=1S/C25H30N8.C23H26N8.C22H24N8O.C19H16N6.C14H8N8O.5Pt/c1-23(2,3)21-26-15-32(30-21)19-13-9-11-17(28-19)25(7,8)18-12-10-14-20(29-18)33-16-27-22(31-33)24(4,5)6;1-22(2,3)20-24-14-30(28-20)18-11-7-9-16(26-18)13-17-10-8-12-19(27-17)31-15-25-21(29-31)23(4,5)6;1-21(2,3)19-23-13-29(27-19)15-9-7-11-17(25-15)31-18-12-8-10-16(26-18)30-14-24-20(28-30)22(4,5)6;1-19(2,17-7-3-5-13(22-17)15-9-11-20-24-15)18-8-4-6-14(23-18)16-10-12-21-25-16;1-3-11(21-9-15-7-17-21)19-13(5-1)23-14-6-2-4-12(20-14)22-10-16-8-18-22;;;;;/h9-14H,1-8H3;7-12H,13H2,1-6H3;7-12H,1-6H3;3-12H,1-2H3;1-8H;;;;;/q5*-2;5*+2. The van der Waals surface area contributed by atoms with Crippen molar-refractivity contribution in [2.75, 3.05) is 0 Å². The van der Waals surface area contributed by atoms with Crippen molar-refractivity contribution in [3.05, 3.63) is 339 Å². The molecule has 0 atom stereocenters. The van der Waals surface area contributed by atoms with Crippen molar-refractivity contribution >= 4 is 0 Å². The summed E-state index contributed by atoms with van der Waals surface area (Å²) in [6.45, 7) is 45.5. The molecular weight excluding hydrogens is 2780 g/mol. The summed E-state index contributed by atoms with van der Waals surface area (Å²) >= 11 is 0. The second-order valence-electron chi connectivity index (χ2n) is 40.1. The number of hydrogen-bond donors (Lipinski definition) is 0. The molecule has 40 nitrogen and oxygen atoms in total. The Labute approximate surface area is 929 Å². The Bertz CT molecular complexity index is 7010. The molecule has 20 aromatic heterocycles. The zero-order valence-electron chi connectivity index (χ0n) is 84.9. The molecule has 0 radical (unpaired) electrons. The van der Waals surface area contributed by atoms with Crippen molar-refractivity contribution in [3.8, 4) is 92.8 Å². The molecule has 20 rings (SSSR count). The Morgan fingerprint density at radius 1 is 0.243 bits per heavy atom. The summed E-state index contributed by atoms with van der Waals surface area (Å²) in [5.74, 6) is 10.7. The third kappa shape index (κ3) is 28.9. The van der Waals surface area contributed by atoms with Gasteiger partial charge >= 0.3 is 105 Å². The Morgan fingerprint density at radius 2 is 0.473 bits per heavy atom. The molecule has 20 heterocycles. The third-order valence-corrected chi connectivity index (χ3v) is 21.4. The van der Waals surface area contributed by atoms with Crippen molar-refractivity contribution in [2.24, 2.45) is 0 Å². The van der Waals surface area contributed by atoms with Crippen LogP contribution in [0.5, 0.6) is 23.5 Å². The fraction of sp³-hybridized carbons (Fsp3) is 0.301. The molecule has 148 heavy (non-hydrogen) atoms. The largest absolute Gasteiger partial charge is 2.00 e. The maximum absolute atomic E-state index is 5.88. The predicted molar refractivity (Wildman–Crippen MR) is 525 cm³/mol. The van der Waals surface area contributed by atoms with Crippen molar-refractivity contribution in [2.45, 2.75) is 202 Å². The summed E-state index contributed by atoms with van der Waals surface area (Å²) in [6.07, 6.45) is 29.5. The van der Waals surface area contributed by atoms with Crippen LogP contribution < -0.4 is 19.7 Å². The maximum atomic E-state index is 5.88. The molecule has 20 aromatic rings. The number of aromatic nitrogens is 38. The predicted octanol–water partition coefficient (Wildman–Crippen LogP) is 15.1. The molecule has 0 bridgehead atoms. The van der Waals surface area contributed by atoms with Crippen LogP contribution in [0.3, 0.4) is 0 Å². The fourth-order valence-corrected chi connectivity index (χ4v) is 13.2. The molecule has 0 aliphatic carbocycles. The molecule has 0 aromatic carbocycles. The van der Waals surface area contributed by atoms with E-state index in [1.165, 1.54) is 31.4 Å². The second-order valence-corrected chi connectivity index (χ2v) is 40.1. The molecule has 0 amide bonds. The van der Waals surface area contributed by atoms with Gasteiger partial charge in [-0.3, -0.25) is 49.8 Å². The Hall–Kier alpha value is -13.9. The number of ether oxygens (including phenoxy) is 2. The molecule has 0 unspecified atom stereocenters. The summed E-state index contributed by atoms with van der Waals surface area (Å²) < 4.78 is 23.8. The minimum atomic E-state index is -0.465. The molecule has 768 valence electrons. The van der Waals surface area contributed by atoms with Crippen molar-refractivity contribution in [1.82, 2.24) is 188 Å². The summed E-state index contributed by atoms with van der Waals surface area (Å²) in [5.41, 5.74) is 6.69. The van der Waals surface area contributed by atoms with E-state index in [-0.39, 0.29) is 143 Å². The van der Waals surface area contributed by atoms with Crippen molar-refractivity contribution < 1.29 is 115 Å². The first-order valence-corrected chi connectivity index (χ1v) is 45.7. The van der Waals surface area contributed by atoms with Gasteiger partial charge in [-0.05, 0) is 133 Å². The fourth-order valence-electron chi connectivity index (χ4n) is 13.2. The van der Waals surface area contributed by atoms with Gasteiger partial charge in [0.15, 0.2) is 0 Å². The minimum Gasteiger partial charge on any atom is -0.574 e. The van der Waals surface area contributed by atoms with Crippen LogP contribution in [0.2, 0.25) is 0 Å². The first-order valence-electron chi connectivity index (χ1n) is 45.7. The SMILES string of the molecule is CC(C)(C)c1n[c-]n(-c2cccc(C(C)(C)c3cccc(-n4[c-]nc(C(C)(C)C)n4)n3)n2)n1.CC(C)(C)c1n[c-]n(-c2cccc(Cc3cccc(-n4[c-]nc(C(C)(C)C)n4)n3)n2)n1.CC(C)(C)c1n[c-]n(-c2cccc(Oc3cccc(-n4[c-]nc(C(C)(C)C)n4)n3)n2)n1.CC(C)(c1cccc(-c2ccn[n-]2)n1)c1cccc(-c2ccn[n-]2)n1.[Pt+2].[Pt+2].[Pt+2].[Pt+2].[Pt+2].[c-]1ncnn1-c1cccc(Oc2cccc(-n3[c-]ncn3)n2)n1. The summed E-state index contributed by atoms with van der Waals surface area (Å²) in [6, 6.07) is 60.3. The second kappa shape index (κ2) is 48.4. The van der Waals surface area contributed by atoms with Gasteiger partial charge in [0.1, 0.15) is 0 Å². The van der Waals surface area contributed by atoms with E-state index in [4.69, 9.17) is 39.4 Å². The van der Waals surface area contributed by atoms with Gasteiger partial charge in [-0.1, -0.05) is 257 Å². The van der Waals surface area contributed by atoms with E-state index in [9.17, 15) is 0 Å². The minimum absolute atomic E-state index is 0. The average molecular weight is 2880 g/mol. The monoisotopic (exact) mass is 2880 g/mol. The van der Waals surface area contributed by atoms with Crippen molar-refractivity contribution in [1.29, 1.82) is 0 Å². The number of pyridine rings is 10. The molecule has 0 aliphatic heterocycles. The van der Waals surface area contributed by atoms with E-state index >= 15 is 0 Å². The topological polar surface area (TPSA) is 447 Å². The van der Waals surface area contributed by atoms with Gasteiger partial charge in [-0.2, -0.15) is 0 Å².